The number of halogens is 2. The standard InChI is InChI=1S/C12H18F2N2O2S/c1-2-15-8-7-10-3-5-11(6-4-10)19(17,18)16-9-12(13)14/h3-6,12,15-16H,2,7-9H2,1H3. The fourth-order valence-corrected chi connectivity index (χ4v) is 2.51. The van der Waals surface area contributed by atoms with Crippen LogP contribution in [-0.4, -0.2) is 34.5 Å². The van der Waals surface area contributed by atoms with E-state index in [1.165, 1.54) is 12.1 Å². The molecule has 0 radical (unpaired) electrons. The number of alkyl halides is 2. The van der Waals surface area contributed by atoms with Gasteiger partial charge >= 0.3 is 0 Å². The van der Waals surface area contributed by atoms with Gasteiger partial charge in [0.2, 0.25) is 10.0 Å². The van der Waals surface area contributed by atoms with E-state index in [0.717, 1.165) is 25.1 Å². The van der Waals surface area contributed by atoms with Crippen LogP contribution in [0.15, 0.2) is 29.2 Å². The Morgan fingerprint density at radius 1 is 1.21 bits per heavy atom. The fourth-order valence-electron chi connectivity index (χ4n) is 1.50. The molecule has 0 aliphatic carbocycles. The Morgan fingerprint density at radius 2 is 1.84 bits per heavy atom. The molecule has 0 saturated carbocycles. The summed E-state index contributed by atoms with van der Waals surface area (Å²) in [7, 11) is -3.84. The van der Waals surface area contributed by atoms with Crippen LogP contribution in [0.5, 0.6) is 0 Å². The number of likely N-dealkylation sites (N-methyl/N-ethyl adjacent to an activating group) is 1. The summed E-state index contributed by atoms with van der Waals surface area (Å²) < 4.78 is 49.1. The Bertz CT molecular complexity index is 475. The quantitative estimate of drug-likeness (QED) is 0.712. The van der Waals surface area contributed by atoms with Crippen molar-refractivity contribution in [1.82, 2.24) is 10.0 Å². The number of benzene rings is 1. The molecule has 0 aliphatic rings. The lowest BCUT2D eigenvalue weighted by molar-refractivity contribution is 0.153. The number of sulfonamides is 1. The molecule has 7 heteroatoms. The maximum Gasteiger partial charge on any atom is 0.251 e. The van der Waals surface area contributed by atoms with E-state index in [1.807, 2.05) is 11.6 Å². The average Bonchev–Trinajstić information content (AvgIpc) is 2.37. The summed E-state index contributed by atoms with van der Waals surface area (Å²) >= 11 is 0. The van der Waals surface area contributed by atoms with Gasteiger partial charge in [0, 0.05) is 0 Å². The molecule has 4 nitrogen and oxygen atoms in total. The molecule has 0 spiro atoms. The largest absolute Gasteiger partial charge is 0.317 e. The van der Waals surface area contributed by atoms with E-state index in [4.69, 9.17) is 0 Å². The third kappa shape index (κ3) is 5.63. The van der Waals surface area contributed by atoms with E-state index in [9.17, 15) is 17.2 Å². The van der Waals surface area contributed by atoms with Gasteiger partial charge in [-0.3, -0.25) is 0 Å². The first-order valence-electron chi connectivity index (χ1n) is 6.03. The predicted octanol–water partition coefficient (Wildman–Crippen LogP) is 1.38. The molecule has 0 atom stereocenters. The van der Waals surface area contributed by atoms with E-state index in [1.54, 1.807) is 12.1 Å². The minimum absolute atomic E-state index is 0.000325. The van der Waals surface area contributed by atoms with Crippen LogP contribution in [0.1, 0.15) is 12.5 Å². The second-order valence-corrected chi connectivity index (χ2v) is 5.76. The van der Waals surface area contributed by atoms with Crippen LogP contribution in [0.4, 0.5) is 8.78 Å². The van der Waals surface area contributed by atoms with Gasteiger partial charge in [-0.2, -0.15) is 0 Å². The van der Waals surface area contributed by atoms with Crippen molar-refractivity contribution in [1.29, 1.82) is 0 Å². The van der Waals surface area contributed by atoms with Crippen LogP contribution in [0.2, 0.25) is 0 Å². The number of rotatable bonds is 8. The maximum atomic E-state index is 12.0. The summed E-state index contributed by atoms with van der Waals surface area (Å²) in [6.07, 6.45) is -1.91. The molecule has 1 rings (SSSR count). The average molecular weight is 292 g/mol. The van der Waals surface area contributed by atoms with Crippen LogP contribution < -0.4 is 10.0 Å². The van der Waals surface area contributed by atoms with Gasteiger partial charge in [0.05, 0.1) is 11.4 Å². The van der Waals surface area contributed by atoms with Crippen molar-refractivity contribution in [2.75, 3.05) is 19.6 Å². The minimum Gasteiger partial charge on any atom is -0.317 e. The van der Waals surface area contributed by atoms with E-state index >= 15 is 0 Å². The molecule has 1 aromatic carbocycles. The summed E-state index contributed by atoms with van der Waals surface area (Å²) in [6, 6.07) is 6.23. The zero-order valence-electron chi connectivity index (χ0n) is 10.7. The lowest BCUT2D eigenvalue weighted by Gasteiger charge is -2.07. The number of nitrogens with one attached hydrogen (secondary N) is 2. The van der Waals surface area contributed by atoms with E-state index in [2.05, 4.69) is 5.32 Å². The lowest BCUT2D eigenvalue weighted by Crippen LogP contribution is -2.28. The molecule has 0 fully saturated rings. The van der Waals surface area contributed by atoms with Gasteiger partial charge in [0.1, 0.15) is 0 Å². The van der Waals surface area contributed by atoms with Gasteiger partial charge in [0.15, 0.2) is 0 Å². The highest BCUT2D eigenvalue weighted by Gasteiger charge is 2.15. The smallest absolute Gasteiger partial charge is 0.251 e. The lowest BCUT2D eigenvalue weighted by atomic mass is 10.1. The summed E-state index contributed by atoms with van der Waals surface area (Å²) in [5.41, 5.74) is 0.994. The number of hydrogen-bond donors (Lipinski definition) is 2. The first-order chi connectivity index (χ1) is 8.95. The summed E-state index contributed by atoms with van der Waals surface area (Å²) in [5, 5.41) is 3.16. The molecule has 0 saturated heterocycles. The zero-order chi connectivity index (χ0) is 14.3. The SMILES string of the molecule is CCNCCc1ccc(S(=O)(=O)NCC(F)F)cc1. The summed E-state index contributed by atoms with van der Waals surface area (Å²) in [5.74, 6) is 0. The third-order valence-corrected chi connectivity index (χ3v) is 3.94. The van der Waals surface area contributed by atoms with Crippen molar-refractivity contribution in [3.05, 3.63) is 29.8 Å². The molecule has 0 heterocycles. The Balaban J connectivity index is 2.64. The predicted molar refractivity (Wildman–Crippen MR) is 69.9 cm³/mol. The molecule has 0 bridgehead atoms. The molecule has 19 heavy (non-hydrogen) atoms. The molecular formula is C12H18F2N2O2S. The highest BCUT2D eigenvalue weighted by Crippen LogP contribution is 2.11. The fraction of sp³-hybridized carbons (Fsp3) is 0.500. The highest BCUT2D eigenvalue weighted by molar-refractivity contribution is 7.89. The van der Waals surface area contributed by atoms with E-state index in [0.29, 0.717) is 0 Å². The summed E-state index contributed by atoms with van der Waals surface area (Å²) in [4.78, 5) is 0.000325. The first kappa shape index (κ1) is 16.0. The second kappa shape index (κ2) is 7.52. The van der Waals surface area contributed by atoms with Crippen LogP contribution >= 0.6 is 0 Å². The van der Waals surface area contributed by atoms with Crippen LogP contribution in [0, 0.1) is 0 Å². The molecule has 2 N–H and O–H groups in total. The van der Waals surface area contributed by atoms with E-state index < -0.39 is 23.0 Å². The number of hydrogen-bond acceptors (Lipinski definition) is 3. The molecule has 108 valence electrons. The van der Waals surface area contributed by atoms with Crippen molar-refractivity contribution in [2.45, 2.75) is 24.7 Å². The van der Waals surface area contributed by atoms with Crippen molar-refractivity contribution in [3.8, 4) is 0 Å². The molecule has 0 unspecified atom stereocenters. The maximum absolute atomic E-state index is 12.0. The molecular weight excluding hydrogens is 274 g/mol. The van der Waals surface area contributed by atoms with Gasteiger partial charge < -0.3 is 5.32 Å². The van der Waals surface area contributed by atoms with Crippen molar-refractivity contribution in [2.24, 2.45) is 0 Å². The highest BCUT2D eigenvalue weighted by atomic mass is 32.2. The van der Waals surface area contributed by atoms with Crippen LogP contribution in [-0.2, 0) is 16.4 Å². The Labute approximate surface area is 112 Å². The van der Waals surface area contributed by atoms with Gasteiger partial charge in [-0.05, 0) is 37.2 Å². The van der Waals surface area contributed by atoms with Gasteiger partial charge in [-0.1, -0.05) is 19.1 Å². The van der Waals surface area contributed by atoms with Crippen LogP contribution in [0.25, 0.3) is 0 Å². The topological polar surface area (TPSA) is 58.2 Å². The normalized spacial score (nSPS) is 12.0. The molecule has 0 aliphatic heterocycles. The Hall–Kier alpha value is -1.05. The third-order valence-electron chi connectivity index (χ3n) is 2.50. The monoisotopic (exact) mass is 292 g/mol. The Kier molecular flexibility index (Phi) is 6.33. The van der Waals surface area contributed by atoms with Crippen molar-refractivity contribution in [3.63, 3.8) is 0 Å². The van der Waals surface area contributed by atoms with E-state index in [-0.39, 0.29) is 4.90 Å². The van der Waals surface area contributed by atoms with Crippen LogP contribution in [0.3, 0.4) is 0 Å². The van der Waals surface area contributed by atoms with Gasteiger partial charge in [-0.15, -0.1) is 0 Å². The van der Waals surface area contributed by atoms with Crippen molar-refractivity contribution >= 4 is 10.0 Å². The minimum atomic E-state index is -3.84. The van der Waals surface area contributed by atoms with Gasteiger partial charge in [0.25, 0.3) is 6.43 Å². The Morgan fingerprint density at radius 3 is 2.37 bits per heavy atom. The van der Waals surface area contributed by atoms with Gasteiger partial charge in [-0.25, -0.2) is 21.9 Å². The van der Waals surface area contributed by atoms with Crippen molar-refractivity contribution < 1.29 is 17.2 Å². The summed E-state index contributed by atoms with van der Waals surface area (Å²) in [6.45, 7) is 2.82. The molecule has 0 amide bonds. The molecule has 1 aromatic rings. The molecule has 0 aromatic heterocycles. The zero-order valence-corrected chi connectivity index (χ0v) is 11.5. The first-order valence-corrected chi connectivity index (χ1v) is 7.51. The second-order valence-electron chi connectivity index (χ2n) is 3.99.